The standard InChI is InChI=1S/C10H15ClN2OS2.ClH/c11-10-13-5-9(15-10)7-16(14)6-8-1-3-12-4-2-8;/h5,8,12H,1-4,6-7H2;1H. The highest BCUT2D eigenvalue weighted by atomic mass is 35.5. The molecule has 1 saturated heterocycles. The zero-order chi connectivity index (χ0) is 11.4. The van der Waals surface area contributed by atoms with E-state index >= 15 is 0 Å². The molecular weight excluding hydrogens is 299 g/mol. The molecule has 0 amide bonds. The third kappa shape index (κ3) is 5.22. The van der Waals surface area contributed by atoms with Gasteiger partial charge in [0.05, 0.1) is 5.75 Å². The number of nitrogens with one attached hydrogen (secondary N) is 1. The summed E-state index contributed by atoms with van der Waals surface area (Å²) in [6.07, 6.45) is 4.03. The smallest absolute Gasteiger partial charge is 0.183 e. The van der Waals surface area contributed by atoms with Crippen molar-refractivity contribution >= 4 is 46.1 Å². The van der Waals surface area contributed by atoms with Crippen LogP contribution in [0.2, 0.25) is 4.47 Å². The second-order valence-electron chi connectivity index (χ2n) is 4.02. The quantitative estimate of drug-likeness (QED) is 0.928. The van der Waals surface area contributed by atoms with Crippen LogP contribution in [-0.2, 0) is 16.6 Å². The van der Waals surface area contributed by atoms with Crippen molar-refractivity contribution in [2.75, 3.05) is 18.8 Å². The van der Waals surface area contributed by atoms with Gasteiger partial charge in [-0.2, -0.15) is 0 Å². The first-order valence-electron chi connectivity index (χ1n) is 5.40. The summed E-state index contributed by atoms with van der Waals surface area (Å²) >= 11 is 7.16. The highest BCUT2D eigenvalue weighted by Gasteiger charge is 2.16. The van der Waals surface area contributed by atoms with Crippen molar-refractivity contribution in [1.82, 2.24) is 10.3 Å². The molecule has 1 aliphatic heterocycles. The van der Waals surface area contributed by atoms with E-state index in [1.165, 1.54) is 11.3 Å². The molecule has 1 aromatic rings. The Hall–Kier alpha value is 0.320. The number of rotatable bonds is 4. The van der Waals surface area contributed by atoms with Crippen LogP contribution in [0.3, 0.4) is 0 Å². The summed E-state index contributed by atoms with van der Waals surface area (Å²) in [4.78, 5) is 4.98. The van der Waals surface area contributed by atoms with E-state index in [-0.39, 0.29) is 12.4 Å². The molecule has 1 unspecified atom stereocenters. The molecule has 0 aliphatic carbocycles. The molecule has 7 heteroatoms. The summed E-state index contributed by atoms with van der Waals surface area (Å²) in [6.45, 7) is 2.13. The van der Waals surface area contributed by atoms with E-state index in [0.29, 0.717) is 16.1 Å². The largest absolute Gasteiger partial charge is 0.317 e. The Morgan fingerprint density at radius 2 is 2.24 bits per heavy atom. The van der Waals surface area contributed by atoms with Crippen molar-refractivity contribution in [3.8, 4) is 0 Å². The Balaban J connectivity index is 0.00000144. The summed E-state index contributed by atoms with van der Waals surface area (Å²) < 4.78 is 12.5. The Kier molecular flexibility index (Phi) is 6.95. The van der Waals surface area contributed by atoms with Crippen molar-refractivity contribution in [3.63, 3.8) is 0 Å². The number of aromatic nitrogens is 1. The van der Waals surface area contributed by atoms with Crippen LogP contribution < -0.4 is 5.32 Å². The lowest BCUT2D eigenvalue weighted by atomic mass is 10.0. The molecule has 17 heavy (non-hydrogen) atoms. The average molecular weight is 315 g/mol. The molecule has 0 spiro atoms. The molecule has 3 nitrogen and oxygen atoms in total. The predicted molar refractivity (Wildman–Crippen MR) is 76.7 cm³/mol. The van der Waals surface area contributed by atoms with Crippen LogP contribution in [0.25, 0.3) is 0 Å². The van der Waals surface area contributed by atoms with Gasteiger partial charge in [-0.15, -0.1) is 23.7 Å². The number of hydrogen-bond acceptors (Lipinski definition) is 4. The number of thiazole rings is 1. The summed E-state index contributed by atoms with van der Waals surface area (Å²) in [5.74, 6) is 2.04. The zero-order valence-electron chi connectivity index (χ0n) is 9.36. The molecule has 2 heterocycles. The second kappa shape index (κ2) is 7.69. The number of nitrogens with zero attached hydrogens (tertiary/aromatic N) is 1. The van der Waals surface area contributed by atoms with Gasteiger partial charge in [0.25, 0.3) is 0 Å². The van der Waals surface area contributed by atoms with Crippen molar-refractivity contribution in [3.05, 3.63) is 15.5 Å². The van der Waals surface area contributed by atoms with Gasteiger partial charge in [0.15, 0.2) is 4.47 Å². The molecule has 1 fully saturated rings. The Morgan fingerprint density at radius 3 is 2.82 bits per heavy atom. The summed E-state index contributed by atoms with van der Waals surface area (Å²) in [5, 5.41) is 3.32. The van der Waals surface area contributed by atoms with Crippen LogP contribution in [0, 0.1) is 5.92 Å². The maximum Gasteiger partial charge on any atom is 0.183 e. The highest BCUT2D eigenvalue weighted by Crippen LogP contribution is 2.20. The van der Waals surface area contributed by atoms with Crippen LogP contribution in [0.15, 0.2) is 6.20 Å². The maximum atomic E-state index is 11.9. The Labute approximate surface area is 119 Å². The first-order valence-corrected chi connectivity index (χ1v) is 8.08. The van der Waals surface area contributed by atoms with Crippen LogP contribution in [0.4, 0.5) is 0 Å². The molecule has 1 atom stereocenters. The lowest BCUT2D eigenvalue weighted by Gasteiger charge is -2.21. The SMILES string of the molecule is Cl.O=S(Cc1cnc(Cl)s1)CC1CCNCC1. The molecule has 0 aromatic carbocycles. The molecular formula is C10H16Cl2N2OS2. The Morgan fingerprint density at radius 1 is 1.53 bits per heavy atom. The van der Waals surface area contributed by atoms with E-state index < -0.39 is 10.8 Å². The monoisotopic (exact) mass is 314 g/mol. The van der Waals surface area contributed by atoms with Crippen molar-refractivity contribution in [2.45, 2.75) is 18.6 Å². The molecule has 0 saturated carbocycles. The van der Waals surface area contributed by atoms with Gasteiger partial charge in [0.1, 0.15) is 0 Å². The van der Waals surface area contributed by atoms with E-state index in [2.05, 4.69) is 10.3 Å². The molecule has 0 bridgehead atoms. The average Bonchev–Trinajstić information content (AvgIpc) is 2.65. The van der Waals surface area contributed by atoms with E-state index in [1.54, 1.807) is 6.20 Å². The minimum Gasteiger partial charge on any atom is -0.317 e. The third-order valence-electron chi connectivity index (χ3n) is 2.71. The van der Waals surface area contributed by atoms with Crippen LogP contribution in [0.5, 0.6) is 0 Å². The van der Waals surface area contributed by atoms with E-state index in [1.807, 2.05) is 0 Å². The zero-order valence-corrected chi connectivity index (χ0v) is 12.6. The number of hydrogen-bond donors (Lipinski definition) is 1. The molecule has 1 N–H and O–H groups in total. The lowest BCUT2D eigenvalue weighted by Crippen LogP contribution is -2.30. The van der Waals surface area contributed by atoms with Gasteiger partial charge in [-0.05, 0) is 31.8 Å². The van der Waals surface area contributed by atoms with Crippen molar-refractivity contribution in [1.29, 1.82) is 0 Å². The summed E-state index contributed by atoms with van der Waals surface area (Å²) in [7, 11) is -0.771. The predicted octanol–water partition coefficient (Wildman–Crippen LogP) is 2.47. The van der Waals surface area contributed by atoms with Crippen molar-refractivity contribution in [2.24, 2.45) is 5.92 Å². The topological polar surface area (TPSA) is 42.0 Å². The minimum atomic E-state index is -0.771. The highest BCUT2D eigenvalue weighted by molar-refractivity contribution is 7.84. The number of halogens is 2. The van der Waals surface area contributed by atoms with Gasteiger partial charge in [-0.25, -0.2) is 4.98 Å². The minimum absolute atomic E-state index is 0. The van der Waals surface area contributed by atoms with Gasteiger partial charge in [-0.1, -0.05) is 11.6 Å². The molecule has 0 radical (unpaired) electrons. The van der Waals surface area contributed by atoms with Gasteiger partial charge in [0, 0.05) is 27.6 Å². The first-order chi connectivity index (χ1) is 7.74. The van der Waals surface area contributed by atoms with Gasteiger partial charge in [-0.3, -0.25) is 4.21 Å². The summed E-state index contributed by atoms with van der Waals surface area (Å²) in [5.41, 5.74) is 0. The number of piperidine rings is 1. The molecule has 2 rings (SSSR count). The van der Waals surface area contributed by atoms with E-state index in [0.717, 1.165) is 36.6 Å². The molecule has 1 aliphatic rings. The first kappa shape index (κ1) is 15.4. The van der Waals surface area contributed by atoms with Gasteiger partial charge in [0.2, 0.25) is 0 Å². The fraction of sp³-hybridized carbons (Fsp3) is 0.700. The maximum absolute atomic E-state index is 11.9. The fourth-order valence-electron chi connectivity index (χ4n) is 1.88. The van der Waals surface area contributed by atoms with Crippen LogP contribution >= 0.6 is 35.3 Å². The van der Waals surface area contributed by atoms with Crippen molar-refractivity contribution < 1.29 is 4.21 Å². The van der Waals surface area contributed by atoms with Gasteiger partial charge < -0.3 is 5.32 Å². The molecule has 98 valence electrons. The summed E-state index contributed by atoms with van der Waals surface area (Å²) in [6, 6.07) is 0. The Bertz CT molecular complexity index is 367. The van der Waals surface area contributed by atoms with Crippen LogP contribution in [0.1, 0.15) is 17.7 Å². The van der Waals surface area contributed by atoms with E-state index in [4.69, 9.17) is 11.6 Å². The van der Waals surface area contributed by atoms with Crippen LogP contribution in [-0.4, -0.2) is 28.0 Å². The fourth-order valence-corrected chi connectivity index (χ4v) is 4.65. The second-order valence-corrected chi connectivity index (χ2v) is 7.22. The lowest BCUT2D eigenvalue weighted by molar-refractivity contribution is 0.405. The van der Waals surface area contributed by atoms with Gasteiger partial charge >= 0.3 is 0 Å². The normalized spacial score (nSPS) is 18.6. The molecule has 1 aromatic heterocycles. The van der Waals surface area contributed by atoms with E-state index in [9.17, 15) is 4.21 Å². The third-order valence-corrected chi connectivity index (χ3v) is 5.48.